The number of aliphatic imine (C=N–C) groups is 1. The first kappa shape index (κ1) is 15.4. The second kappa shape index (κ2) is 7.03. The van der Waals surface area contributed by atoms with E-state index in [1.165, 1.54) is 11.4 Å². The van der Waals surface area contributed by atoms with E-state index in [9.17, 15) is 4.57 Å². The van der Waals surface area contributed by atoms with Gasteiger partial charge in [-0.15, -0.1) is 0 Å². The lowest BCUT2D eigenvalue weighted by Crippen LogP contribution is -2.33. The van der Waals surface area contributed by atoms with E-state index in [-0.39, 0.29) is 5.25 Å². The minimum absolute atomic E-state index is 0.228. The molecule has 0 aromatic rings. The number of nitrogens with zero attached hydrogens (tertiary/aromatic N) is 3. The second-order valence-electron chi connectivity index (χ2n) is 3.78. The van der Waals surface area contributed by atoms with Gasteiger partial charge in [0.25, 0.3) is 0 Å². The van der Waals surface area contributed by atoms with Gasteiger partial charge in [-0.1, -0.05) is 13.8 Å². The lowest BCUT2D eigenvalue weighted by Gasteiger charge is -2.29. The fraction of sp³-hybridized carbons (Fsp3) is 0.800. The fourth-order valence-electron chi connectivity index (χ4n) is 1.45. The molecule has 1 aliphatic rings. The Balaban J connectivity index is 2.87. The highest BCUT2D eigenvalue weighted by Crippen LogP contribution is 2.64. The average Bonchev–Trinajstić information content (AvgIpc) is 2.78. The van der Waals surface area contributed by atoms with E-state index >= 15 is 0 Å². The van der Waals surface area contributed by atoms with Crippen LogP contribution in [-0.4, -0.2) is 35.6 Å². The van der Waals surface area contributed by atoms with Crippen molar-refractivity contribution in [2.75, 3.05) is 19.7 Å². The Bertz CT molecular complexity index is 396. The lowest BCUT2D eigenvalue weighted by atomic mass is 10.4. The Kier molecular flexibility index (Phi) is 6.00. The van der Waals surface area contributed by atoms with Crippen molar-refractivity contribution in [3.05, 3.63) is 0 Å². The molecular formula is C10H19N4O2PS. The molecule has 0 spiro atoms. The first-order chi connectivity index (χ1) is 8.57. The number of guanidine groups is 1. The summed E-state index contributed by atoms with van der Waals surface area (Å²) in [6.45, 7) is 4.27. The van der Waals surface area contributed by atoms with Crippen molar-refractivity contribution in [3.8, 4) is 6.19 Å². The van der Waals surface area contributed by atoms with E-state index in [0.717, 1.165) is 6.42 Å². The summed E-state index contributed by atoms with van der Waals surface area (Å²) in [4.78, 5) is 4.13. The zero-order valence-electron chi connectivity index (χ0n) is 10.9. The molecule has 1 rings (SSSR count). The van der Waals surface area contributed by atoms with Crippen LogP contribution in [0.5, 0.6) is 0 Å². The molecule has 0 aromatic carbocycles. The third-order valence-corrected chi connectivity index (χ3v) is 7.77. The van der Waals surface area contributed by atoms with Crippen LogP contribution in [0.25, 0.3) is 0 Å². The minimum Gasteiger partial charge on any atom is -0.306 e. The van der Waals surface area contributed by atoms with E-state index in [0.29, 0.717) is 25.7 Å². The Morgan fingerprint density at radius 3 is 3.00 bits per heavy atom. The summed E-state index contributed by atoms with van der Waals surface area (Å²) in [5, 5.41) is 11.4. The molecule has 102 valence electrons. The molecule has 6 nitrogen and oxygen atoms in total. The molecule has 0 saturated carbocycles. The summed E-state index contributed by atoms with van der Waals surface area (Å²) in [7, 11) is 0. The maximum Gasteiger partial charge on any atom is 0.356 e. The van der Waals surface area contributed by atoms with Crippen LogP contribution >= 0.6 is 18.1 Å². The molecular weight excluding hydrogens is 271 g/mol. The quantitative estimate of drug-likeness (QED) is 0.460. The number of rotatable bonds is 6. The van der Waals surface area contributed by atoms with E-state index in [4.69, 9.17) is 9.79 Å². The zero-order valence-corrected chi connectivity index (χ0v) is 12.6. The van der Waals surface area contributed by atoms with Crippen LogP contribution in [0.15, 0.2) is 4.99 Å². The molecule has 1 N–H and O–H groups in total. The first-order valence-corrected chi connectivity index (χ1v) is 9.04. The van der Waals surface area contributed by atoms with Crippen LogP contribution in [0, 0.1) is 11.5 Å². The van der Waals surface area contributed by atoms with Gasteiger partial charge < -0.3 is 4.52 Å². The standard InChI is InChI=1S/C10H19N4O2PS/c1-4-9(3)18-17(15,16-5-2)14-7-6-12-10(14)13-8-11/h9H,4-7H2,1-3H3,(H,12,13). The third-order valence-electron chi connectivity index (χ3n) is 2.46. The summed E-state index contributed by atoms with van der Waals surface area (Å²) >= 11 is 1.33. The van der Waals surface area contributed by atoms with Crippen LogP contribution in [0.1, 0.15) is 27.2 Å². The van der Waals surface area contributed by atoms with E-state index in [1.54, 1.807) is 4.67 Å². The van der Waals surface area contributed by atoms with Gasteiger partial charge in [0.1, 0.15) is 0 Å². The lowest BCUT2D eigenvalue weighted by molar-refractivity contribution is 0.318. The third kappa shape index (κ3) is 3.64. The smallest absolute Gasteiger partial charge is 0.306 e. The fourth-order valence-corrected chi connectivity index (χ4v) is 6.51. The summed E-state index contributed by atoms with van der Waals surface area (Å²) in [6.07, 6.45) is 2.72. The van der Waals surface area contributed by atoms with Gasteiger partial charge >= 0.3 is 6.72 Å². The van der Waals surface area contributed by atoms with Gasteiger partial charge in [0.15, 0.2) is 6.19 Å². The summed E-state index contributed by atoms with van der Waals surface area (Å²) in [5.74, 6) is 0.352. The molecule has 0 bridgehead atoms. The van der Waals surface area contributed by atoms with Gasteiger partial charge in [-0.05, 0) is 24.7 Å². The minimum atomic E-state index is -3.02. The van der Waals surface area contributed by atoms with Crippen molar-refractivity contribution >= 4 is 24.1 Å². The summed E-state index contributed by atoms with van der Waals surface area (Å²) < 4.78 is 20.0. The molecule has 1 aliphatic heterocycles. The van der Waals surface area contributed by atoms with Crippen LogP contribution in [0.4, 0.5) is 0 Å². The predicted octanol–water partition coefficient (Wildman–Crippen LogP) is 2.40. The van der Waals surface area contributed by atoms with Crippen molar-refractivity contribution in [2.24, 2.45) is 4.99 Å². The molecule has 2 atom stereocenters. The van der Waals surface area contributed by atoms with Crippen LogP contribution in [0.3, 0.4) is 0 Å². The number of hydrogen-bond donors (Lipinski definition) is 1. The predicted molar refractivity (Wildman–Crippen MR) is 74.3 cm³/mol. The van der Waals surface area contributed by atoms with Crippen molar-refractivity contribution in [1.82, 2.24) is 9.99 Å². The van der Waals surface area contributed by atoms with Crippen molar-refractivity contribution in [2.45, 2.75) is 32.4 Å². The summed E-state index contributed by atoms with van der Waals surface area (Å²) in [5.41, 5.74) is 0. The van der Waals surface area contributed by atoms with Gasteiger partial charge in [-0.3, -0.25) is 19.5 Å². The molecule has 18 heavy (non-hydrogen) atoms. The van der Waals surface area contributed by atoms with E-state index < -0.39 is 6.72 Å². The van der Waals surface area contributed by atoms with Crippen LogP contribution < -0.4 is 5.32 Å². The van der Waals surface area contributed by atoms with Crippen molar-refractivity contribution in [1.29, 1.82) is 5.26 Å². The van der Waals surface area contributed by atoms with Gasteiger partial charge in [0, 0.05) is 11.8 Å². The van der Waals surface area contributed by atoms with Gasteiger partial charge in [-0.25, -0.2) is 0 Å². The molecule has 0 aliphatic carbocycles. The highest BCUT2D eigenvalue weighted by atomic mass is 32.7. The first-order valence-electron chi connectivity index (χ1n) is 5.98. The molecule has 0 saturated heterocycles. The van der Waals surface area contributed by atoms with Crippen molar-refractivity contribution < 1.29 is 9.09 Å². The Morgan fingerprint density at radius 2 is 2.44 bits per heavy atom. The van der Waals surface area contributed by atoms with Gasteiger partial charge in [0.2, 0.25) is 5.96 Å². The molecule has 0 aromatic heterocycles. The Hall–Kier alpha value is -0.700. The zero-order chi connectivity index (χ0) is 13.6. The largest absolute Gasteiger partial charge is 0.356 e. The van der Waals surface area contributed by atoms with Crippen LogP contribution in [0.2, 0.25) is 0 Å². The monoisotopic (exact) mass is 290 g/mol. The summed E-state index contributed by atoms with van der Waals surface area (Å²) in [6, 6.07) is 0. The number of nitrogens with one attached hydrogen (secondary N) is 1. The SMILES string of the molecule is CCOP(=O)(SC(C)CC)N1CCN=C1NC#N. The number of nitriles is 1. The molecule has 2 unspecified atom stereocenters. The maximum atomic E-state index is 12.9. The molecule has 0 amide bonds. The average molecular weight is 290 g/mol. The normalized spacial score (nSPS) is 19.9. The Morgan fingerprint density at radius 1 is 1.72 bits per heavy atom. The molecule has 1 heterocycles. The van der Waals surface area contributed by atoms with Gasteiger partial charge in [0.05, 0.1) is 13.2 Å². The highest BCUT2D eigenvalue weighted by molar-refractivity contribution is 8.56. The molecule has 0 radical (unpaired) electrons. The van der Waals surface area contributed by atoms with Crippen LogP contribution in [-0.2, 0) is 9.09 Å². The number of hydrogen-bond acceptors (Lipinski definition) is 6. The highest BCUT2D eigenvalue weighted by Gasteiger charge is 2.38. The second-order valence-corrected chi connectivity index (χ2v) is 8.49. The molecule has 0 fully saturated rings. The van der Waals surface area contributed by atoms with Crippen molar-refractivity contribution in [3.63, 3.8) is 0 Å². The Labute approximate surface area is 112 Å². The molecule has 8 heteroatoms. The maximum absolute atomic E-state index is 12.9. The topological polar surface area (TPSA) is 77.7 Å². The van der Waals surface area contributed by atoms with Gasteiger partial charge in [-0.2, -0.15) is 5.26 Å². The van der Waals surface area contributed by atoms with E-state index in [1.807, 2.05) is 27.0 Å². The van der Waals surface area contributed by atoms with E-state index in [2.05, 4.69) is 10.3 Å².